The predicted octanol–water partition coefficient (Wildman–Crippen LogP) is 1.93. The van der Waals surface area contributed by atoms with Gasteiger partial charge in [0, 0.05) is 18.5 Å². The molecule has 8 nitrogen and oxygen atoms in total. The fraction of sp³-hybridized carbons (Fsp3) is 0.118. The highest BCUT2D eigenvalue weighted by Crippen LogP contribution is 2.10. The Balaban J connectivity index is 1.49. The van der Waals surface area contributed by atoms with Gasteiger partial charge in [-0.2, -0.15) is 5.10 Å². The molecule has 0 fully saturated rings. The van der Waals surface area contributed by atoms with Crippen molar-refractivity contribution in [2.45, 2.75) is 13.5 Å². The van der Waals surface area contributed by atoms with Crippen LogP contribution in [-0.4, -0.2) is 35.3 Å². The molecule has 1 N–H and O–H groups in total. The van der Waals surface area contributed by atoms with Gasteiger partial charge in [-0.3, -0.25) is 10.1 Å². The molecule has 8 heteroatoms. The first-order valence-electron chi connectivity index (χ1n) is 7.75. The summed E-state index contributed by atoms with van der Waals surface area (Å²) in [5.41, 5.74) is 3.19. The van der Waals surface area contributed by atoms with Crippen LogP contribution < -0.4 is 5.32 Å². The van der Waals surface area contributed by atoms with Crippen LogP contribution in [0.25, 0.3) is 5.65 Å². The van der Waals surface area contributed by atoms with Crippen LogP contribution in [0, 0.1) is 6.92 Å². The number of aromatic nitrogens is 6. The molecular weight excluding hydrogens is 318 g/mol. The predicted molar refractivity (Wildman–Crippen MR) is 91.2 cm³/mol. The Hall–Kier alpha value is -3.55. The van der Waals surface area contributed by atoms with Crippen LogP contribution in [0.1, 0.15) is 21.6 Å². The van der Waals surface area contributed by atoms with Crippen LogP contribution >= 0.6 is 0 Å². The molecule has 1 aromatic carbocycles. The smallest absolute Gasteiger partial charge is 0.278 e. The fourth-order valence-electron chi connectivity index (χ4n) is 2.50. The standard InChI is InChI=1S/C17H15N7O/c1-12-5-2-3-6-13(12)10-23-11-19-17(22-23)20-16(25)14-9-15-18-7-4-8-24(15)21-14/h2-9,11H,10H2,1H3,(H,20,22,25). The first-order chi connectivity index (χ1) is 12.2. The number of hydrogen-bond donors (Lipinski definition) is 1. The number of amides is 1. The van der Waals surface area contributed by atoms with Gasteiger partial charge in [0.1, 0.15) is 6.33 Å². The lowest BCUT2D eigenvalue weighted by Gasteiger charge is -2.04. The number of hydrogen-bond acceptors (Lipinski definition) is 5. The number of benzene rings is 1. The number of carbonyl (C=O) groups is 1. The summed E-state index contributed by atoms with van der Waals surface area (Å²) in [6.07, 6.45) is 4.97. The highest BCUT2D eigenvalue weighted by molar-refractivity contribution is 6.02. The summed E-state index contributed by atoms with van der Waals surface area (Å²) in [5.74, 6) is -0.136. The molecule has 0 saturated heterocycles. The number of nitrogens with one attached hydrogen (secondary N) is 1. The molecule has 0 unspecified atom stereocenters. The summed E-state index contributed by atoms with van der Waals surface area (Å²) >= 11 is 0. The van der Waals surface area contributed by atoms with Crippen LogP contribution in [0.4, 0.5) is 5.95 Å². The monoisotopic (exact) mass is 333 g/mol. The van der Waals surface area contributed by atoms with Gasteiger partial charge in [-0.1, -0.05) is 24.3 Å². The van der Waals surface area contributed by atoms with Gasteiger partial charge in [0.2, 0.25) is 5.95 Å². The van der Waals surface area contributed by atoms with E-state index in [2.05, 4.69) is 25.5 Å². The molecular formula is C17H15N7O. The minimum Gasteiger partial charge on any atom is -0.288 e. The number of nitrogens with zero attached hydrogens (tertiary/aromatic N) is 6. The lowest BCUT2D eigenvalue weighted by atomic mass is 10.1. The third kappa shape index (κ3) is 3.09. The number of anilines is 1. The molecule has 0 bridgehead atoms. The average Bonchev–Trinajstić information content (AvgIpc) is 3.23. The van der Waals surface area contributed by atoms with Gasteiger partial charge in [0.15, 0.2) is 11.3 Å². The first-order valence-corrected chi connectivity index (χ1v) is 7.75. The molecule has 0 atom stereocenters. The van der Waals surface area contributed by atoms with E-state index in [0.29, 0.717) is 12.2 Å². The summed E-state index contributed by atoms with van der Waals surface area (Å²) in [4.78, 5) is 20.6. The molecule has 0 radical (unpaired) electrons. The van der Waals surface area contributed by atoms with E-state index in [9.17, 15) is 4.79 Å². The maximum absolute atomic E-state index is 12.3. The molecule has 0 aliphatic rings. The van der Waals surface area contributed by atoms with Gasteiger partial charge in [0.25, 0.3) is 5.91 Å². The van der Waals surface area contributed by atoms with E-state index < -0.39 is 0 Å². The van der Waals surface area contributed by atoms with Crippen molar-refractivity contribution in [2.75, 3.05) is 5.32 Å². The summed E-state index contributed by atoms with van der Waals surface area (Å²) < 4.78 is 3.22. The maximum atomic E-state index is 12.3. The van der Waals surface area contributed by atoms with Crippen LogP contribution in [0.5, 0.6) is 0 Å². The van der Waals surface area contributed by atoms with Crippen molar-refractivity contribution in [3.63, 3.8) is 0 Å². The van der Waals surface area contributed by atoms with Crippen molar-refractivity contribution in [1.29, 1.82) is 0 Å². The maximum Gasteiger partial charge on any atom is 0.278 e. The van der Waals surface area contributed by atoms with Crippen molar-refractivity contribution in [1.82, 2.24) is 29.4 Å². The fourth-order valence-corrected chi connectivity index (χ4v) is 2.50. The van der Waals surface area contributed by atoms with Gasteiger partial charge in [-0.05, 0) is 24.1 Å². The average molecular weight is 333 g/mol. The van der Waals surface area contributed by atoms with Crippen molar-refractivity contribution in [3.05, 3.63) is 71.9 Å². The Kier molecular flexibility index (Phi) is 3.70. The minimum absolute atomic E-state index is 0.239. The zero-order valence-corrected chi connectivity index (χ0v) is 13.5. The quantitative estimate of drug-likeness (QED) is 0.616. The third-order valence-corrected chi connectivity index (χ3v) is 3.82. The summed E-state index contributed by atoms with van der Waals surface area (Å²) in [6, 6.07) is 11.4. The highest BCUT2D eigenvalue weighted by atomic mass is 16.2. The molecule has 3 heterocycles. The summed E-state index contributed by atoms with van der Waals surface area (Å²) in [6.45, 7) is 2.64. The van der Waals surface area contributed by atoms with Gasteiger partial charge in [0.05, 0.1) is 6.54 Å². The molecule has 0 spiro atoms. The Labute approximate surface area is 143 Å². The minimum atomic E-state index is -0.376. The molecule has 4 rings (SSSR count). The Morgan fingerprint density at radius 2 is 2.04 bits per heavy atom. The summed E-state index contributed by atoms with van der Waals surface area (Å²) in [7, 11) is 0. The highest BCUT2D eigenvalue weighted by Gasteiger charge is 2.13. The van der Waals surface area contributed by atoms with E-state index in [-0.39, 0.29) is 17.5 Å². The van der Waals surface area contributed by atoms with Gasteiger partial charge in [-0.25, -0.2) is 19.2 Å². The van der Waals surface area contributed by atoms with Crippen LogP contribution in [-0.2, 0) is 6.54 Å². The molecule has 0 saturated carbocycles. The van der Waals surface area contributed by atoms with Gasteiger partial charge < -0.3 is 0 Å². The van der Waals surface area contributed by atoms with E-state index >= 15 is 0 Å². The lowest BCUT2D eigenvalue weighted by Crippen LogP contribution is -2.14. The van der Waals surface area contributed by atoms with Crippen LogP contribution in [0.15, 0.2) is 55.1 Å². The van der Waals surface area contributed by atoms with Crippen molar-refractivity contribution >= 4 is 17.5 Å². The Morgan fingerprint density at radius 3 is 2.88 bits per heavy atom. The first kappa shape index (κ1) is 15.0. The molecule has 0 aliphatic carbocycles. The molecule has 25 heavy (non-hydrogen) atoms. The van der Waals surface area contributed by atoms with Crippen molar-refractivity contribution < 1.29 is 4.79 Å². The van der Waals surface area contributed by atoms with Crippen molar-refractivity contribution in [2.24, 2.45) is 0 Å². The van der Waals surface area contributed by atoms with E-state index in [1.807, 2.05) is 31.2 Å². The normalized spacial score (nSPS) is 10.9. The van der Waals surface area contributed by atoms with E-state index in [1.54, 1.807) is 40.1 Å². The largest absolute Gasteiger partial charge is 0.288 e. The van der Waals surface area contributed by atoms with Gasteiger partial charge in [-0.15, -0.1) is 5.10 Å². The van der Waals surface area contributed by atoms with E-state index in [1.165, 1.54) is 5.56 Å². The van der Waals surface area contributed by atoms with Crippen molar-refractivity contribution in [3.8, 4) is 0 Å². The molecule has 1 amide bonds. The Morgan fingerprint density at radius 1 is 1.16 bits per heavy atom. The molecule has 3 aromatic heterocycles. The molecule has 4 aromatic rings. The number of aryl methyl sites for hydroxylation is 1. The Bertz CT molecular complexity index is 1020. The van der Waals surface area contributed by atoms with Gasteiger partial charge >= 0.3 is 0 Å². The van der Waals surface area contributed by atoms with E-state index in [4.69, 9.17) is 0 Å². The second kappa shape index (κ2) is 6.16. The topological polar surface area (TPSA) is 90.0 Å². The number of rotatable bonds is 4. The molecule has 124 valence electrons. The zero-order chi connectivity index (χ0) is 17.2. The van der Waals surface area contributed by atoms with Crippen LogP contribution in [0.2, 0.25) is 0 Å². The summed E-state index contributed by atoms with van der Waals surface area (Å²) in [5, 5.41) is 11.1. The number of carbonyl (C=O) groups excluding carboxylic acids is 1. The molecule has 0 aliphatic heterocycles. The van der Waals surface area contributed by atoms with E-state index in [0.717, 1.165) is 5.56 Å². The lowest BCUT2D eigenvalue weighted by molar-refractivity contribution is 0.102. The SMILES string of the molecule is Cc1ccccc1Cn1cnc(NC(=O)c2cc3ncccn3n2)n1. The second-order valence-electron chi connectivity index (χ2n) is 5.60. The zero-order valence-electron chi connectivity index (χ0n) is 13.5. The van der Waals surface area contributed by atoms with Crippen LogP contribution in [0.3, 0.4) is 0 Å². The number of fused-ring (bicyclic) bond motifs is 1. The third-order valence-electron chi connectivity index (χ3n) is 3.82. The second-order valence-corrected chi connectivity index (χ2v) is 5.60.